The minimum absolute atomic E-state index is 0.101. The summed E-state index contributed by atoms with van der Waals surface area (Å²) < 4.78 is 33.6. The fraction of sp³-hybridized carbons (Fsp3) is 0.381. The average Bonchev–Trinajstić information content (AvgIpc) is 3.20. The van der Waals surface area contributed by atoms with Crippen LogP contribution < -0.4 is 4.72 Å². The molecule has 3 rings (SSSR count). The second kappa shape index (κ2) is 10.2. The predicted octanol–water partition coefficient (Wildman–Crippen LogP) is 4.05. The SMILES string of the molecule is CN(C(=O)Cc1ccc(Cl)c(Cl)c1)[C@H](CN1CCCC1)c1cccc(NS(=O)(=O)O)c1. The molecule has 1 fully saturated rings. The average molecular weight is 486 g/mol. The summed E-state index contributed by atoms with van der Waals surface area (Å²) in [5.74, 6) is -0.101. The van der Waals surface area contributed by atoms with Crippen LogP contribution in [0, 0.1) is 0 Å². The number of carbonyl (C=O) groups excluding carboxylic acids is 1. The van der Waals surface area contributed by atoms with E-state index in [0.717, 1.165) is 37.1 Å². The Morgan fingerprint density at radius 1 is 1.16 bits per heavy atom. The molecule has 2 N–H and O–H groups in total. The fourth-order valence-corrected chi connectivity index (χ4v) is 4.49. The zero-order chi connectivity index (χ0) is 22.6. The minimum Gasteiger partial charge on any atom is -0.337 e. The van der Waals surface area contributed by atoms with Crippen molar-refractivity contribution in [2.24, 2.45) is 0 Å². The third-order valence-electron chi connectivity index (χ3n) is 5.35. The molecule has 1 atom stereocenters. The summed E-state index contributed by atoms with van der Waals surface area (Å²) in [5.41, 5.74) is 1.76. The van der Waals surface area contributed by atoms with Gasteiger partial charge in [-0.3, -0.25) is 14.1 Å². The zero-order valence-electron chi connectivity index (χ0n) is 17.1. The maximum Gasteiger partial charge on any atom is 0.357 e. The molecule has 0 unspecified atom stereocenters. The van der Waals surface area contributed by atoms with Crippen molar-refractivity contribution in [3.05, 3.63) is 63.6 Å². The summed E-state index contributed by atoms with van der Waals surface area (Å²) in [5, 5.41) is 0.827. The molecule has 2 aromatic carbocycles. The molecule has 1 amide bonds. The van der Waals surface area contributed by atoms with Crippen LogP contribution in [-0.2, 0) is 21.5 Å². The molecule has 0 spiro atoms. The molecule has 1 heterocycles. The van der Waals surface area contributed by atoms with Gasteiger partial charge in [0.25, 0.3) is 0 Å². The van der Waals surface area contributed by atoms with Crippen molar-refractivity contribution in [2.45, 2.75) is 25.3 Å². The molecule has 0 saturated carbocycles. The summed E-state index contributed by atoms with van der Waals surface area (Å²) in [6, 6.07) is 11.5. The first-order valence-corrected chi connectivity index (χ1v) is 12.1. The molecular weight excluding hydrogens is 461 g/mol. The number of amides is 1. The second-order valence-electron chi connectivity index (χ2n) is 7.66. The molecule has 2 aromatic rings. The van der Waals surface area contributed by atoms with Gasteiger partial charge in [-0.1, -0.05) is 41.4 Å². The van der Waals surface area contributed by atoms with Crippen LogP contribution in [0.2, 0.25) is 10.0 Å². The van der Waals surface area contributed by atoms with Gasteiger partial charge in [0.15, 0.2) is 0 Å². The van der Waals surface area contributed by atoms with Crippen molar-refractivity contribution in [1.29, 1.82) is 0 Å². The van der Waals surface area contributed by atoms with Gasteiger partial charge in [0.2, 0.25) is 5.91 Å². The lowest BCUT2D eigenvalue weighted by atomic mass is 10.0. The zero-order valence-corrected chi connectivity index (χ0v) is 19.4. The van der Waals surface area contributed by atoms with E-state index < -0.39 is 10.3 Å². The Labute approximate surface area is 192 Å². The smallest absolute Gasteiger partial charge is 0.337 e. The summed E-state index contributed by atoms with van der Waals surface area (Å²) in [7, 11) is -2.65. The monoisotopic (exact) mass is 485 g/mol. The molecule has 0 bridgehead atoms. The molecule has 0 aromatic heterocycles. The Morgan fingerprint density at radius 2 is 1.87 bits per heavy atom. The van der Waals surface area contributed by atoms with E-state index in [1.165, 1.54) is 0 Å². The summed E-state index contributed by atoms with van der Waals surface area (Å²) in [6.45, 7) is 2.53. The Balaban J connectivity index is 1.84. The predicted molar refractivity (Wildman–Crippen MR) is 123 cm³/mol. The van der Waals surface area contributed by atoms with Crippen LogP contribution in [0.1, 0.15) is 30.0 Å². The van der Waals surface area contributed by atoms with Gasteiger partial charge in [-0.2, -0.15) is 8.42 Å². The quantitative estimate of drug-likeness (QED) is 0.550. The van der Waals surface area contributed by atoms with Gasteiger partial charge in [0.1, 0.15) is 0 Å². The lowest BCUT2D eigenvalue weighted by molar-refractivity contribution is -0.131. The highest BCUT2D eigenvalue weighted by molar-refractivity contribution is 7.87. The summed E-state index contributed by atoms with van der Waals surface area (Å²) in [6.07, 6.45) is 2.38. The third-order valence-corrected chi connectivity index (χ3v) is 6.58. The van der Waals surface area contributed by atoms with Crippen LogP contribution in [0.15, 0.2) is 42.5 Å². The van der Waals surface area contributed by atoms with Gasteiger partial charge in [-0.05, 0) is 61.3 Å². The van der Waals surface area contributed by atoms with Crippen molar-refractivity contribution in [3.8, 4) is 0 Å². The molecule has 10 heteroatoms. The highest BCUT2D eigenvalue weighted by Crippen LogP contribution is 2.27. The van der Waals surface area contributed by atoms with Crippen molar-refractivity contribution in [1.82, 2.24) is 9.80 Å². The molecule has 31 heavy (non-hydrogen) atoms. The van der Waals surface area contributed by atoms with Crippen molar-refractivity contribution < 1.29 is 17.8 Å². The Kier molecular flexibility index (Phi) is 7.82. The highest BCUT2D eigenvalue weighted by Gasteiger charge is 2.26. The molecule has 0 radical (unpaired) electrons. The van der Waals surface area contributed by atoms with E-state index in [-0.39, 0.29) is 24.1 Å². The minimum atomic E-state index is -4.39. The number of nitrogens with one attached hydrogen (secondary N) is 1. The molecule has 7 nitrogen and oxygen atoms in total. The largest absolute Gasteiger partial charge is 0.357 e. The first kappa shape index (κ1) is 23.8. The number of anilines is 1. The van der Waals surface area contributed by atoms with E-state index in [4.69, 9.17) is 27.8 Å². The van der Waals surface area contributed by atoms with Gasteiger partial charge in [0, 0.05) is 13.6 Å². The van der Waals surface area contributed by atoms with Crippen LogP contribution in [0.4, 0.5) is 5.69 Å². The van der Waals surface area contributed by atoms with Crippen LogP contribution >= 0.6 is 23.2 Å². The van der Waals surface area contributed by atoms with E-state index >= 15 is 0 Å². The van der Waals surface area contributed by atoms with Gasteiger partial charge < -0.3 is 9.80 Å². The van der Waals surface area contributed by atoms with E-state index in [9.17, 15) is 13.2 Å². The Morgan fingerprint density at radius 3 is 2.52 bits per heavy atom. The van der Waals surface area contributed by atoms with E-state index in [0.29, 0.717) is 16.6 Å². The number of carbonyl (C=O) groups is 1. The lowest BCUT2D eigenvalue weighted by Gasteiger charge is -2.32. The molecular formula is C21H25Cl2N3O4S. The standard InChI is InChI=1S/C21H25Cl2N3O4S/c1-25(21(27)12-15-7-8-18(22)19(23)11-15)20(14-26-9-2-3-10-26)16-5-4-6-17(13-16)24-31(28,29)30/h4-8,11,13,20,24H,2-3,9-10,12,14H2,1H3,(H,28,29,30)/t20-/m1/s1. The van der Waals surface area contributed by atoms with Gasteiger partial charge in [-0.25, -0.2) is 0 Å². The number of hydrogen-bond donors (Lipinski definition) is 2. The number of likely N-dealkylation sites (N-methyl/N-ethyl adjacent to an activating group) is 1. The molecule has 1 saturated heterocycles. The maximum absolute atomic E-state index is 13.1. The van der Waals surface area contributed by atoms with Gasteiger partial charge in [0.05, 0.1) is 28.2 Å². The Hall–Kier alpha value is -1.84. The number of nitrogens with zero attached hydrogens (tertiary/aromatic N) is 2. The Bertz CT molecular complexity index is 1040. The lowest BCUT2D eigenvalue weighted by Crippen LogP contribution is -2.39. The van der Waals surface area contributed by atoms with Gasteiger partial charge >= 0.3 is 10.3 Å². The first-order chi connectivity index (χ1) is 14.6. The van der Waals surface area contributed by atoms with E-state index in [2.05, 4.69) is 9.62 Å². The number of hydrogen-bond acceptors (Lipinski definition) is 4. The number of rotatable bonds is 8. The topological polar surface area (TPSA) is 90.0 Å². The van der Waals surface area contributed by atoms with Crippen molar-refractivity contribution >= 4 is 45.1 Å². The summed E-state index contributed by atoms with van der Waals surface area (Å²) >= 11 is 12.0. The van der Waals surface area contributed by atoms with Gasteiger partial charge in [-0.15, -0.1) is 0 Å². The third kappa shape index (κ3) is 6.82. The second-order valence-corrected chi connectivity index (χ2v) is 9.62. The van der Waals surface area contributed by atoms with Crippen LogP contribution in [0.5, 0.6) is 0 Å². The van der Waals surface area contributed by atoms with Crippen molar-refractivity contribution in [3.63, 3.8) is 0 Å². The molecule has 0 aliphatic carbocycles. The maximum atomic E-state index is 13.1. The fourth-order valence-electron chi connectivity index (χ4n) is 3.74. The molecule has 1 aliphatic rings. The van der Waals surface area contributed by atoms with E-state index in [1.54, 1.807) is 48.3 Å². The highest BCUT2D eigenvalue weighted by atomic mass is 35.5. The molecule has 1 aliphatic heterocycles. The first-order valence-electron chi connectivity index (χ1n) is 9.89. The van der Waals surface area contributed by atoms with Crippen LogP contribution in [0.25, 0.3) is 0 Å². The van der Waals surface area contributed by atoms with Crippen LogP contribution in [-0.4, -0.2) is 55.4 Å². The number of benzene rings is 2. The van der Waals surface area contributed by atoms with Crippen molar-refractivity contribution in [2.75, 3.05) is 31.4 Å². The van der Waals surface area contributed by atoms with E-state index in [1.807, 2.05) is 6.07 Å². The summed E-state index contributed by atoms with van der Waals surface area (Å²) in [4.78, 5) is 17.1. The molecule has 168 valence electrons. The number of likely N-dealkylation sites (tertiary alicyclic amines) is 1. The van der Waals surface area contributed by atoms with Crippen LogP contribution in [0.3, 0.4) is 0 Å². The normalized spacial score (nSPS) is 15.6. The number of halogens is 2.